The van der Waals surface area contributed by atoms with Gasteiger partial charge in [0, 0.05) is 42.2 Å². The van der Waals surface area contributed by atoms with Gasteiger partial charge in [0.25, 0.3) is 15.7 Å². The summed E-state index contributed by atoms with van der Waals surface area (Å²) in [6, 6.07) is 6.54. The fourth-order valence-corrected chi connectivity index (χ4v) is 5.03. The lowest BCUT2D eigenvalue weighted by atomic mass is 10.2. The van der Waals surface area contributed by atoms with Crippen LogP contribution in [0.5, 0.6) is 0 Å². The zero-order valence-electron chi connectivity index (χ0n) is 16.6. The lowest BCUT2D eigenvalue weighted by Crippen LogP contribution is -2.21. The highest BCUT2D eigenvalue weighted by molar-refractivity contribution is 8.01. The van der Waals surface area contributed by atoms with Crippen molar-refractivity contribution in [2.24, 2.45) is 0 Å². The third kappa shape index (κ3) is 5.31. The Labute approximate surface area is 186 Å². The minimum absolute atomic E-state index is 0.000235. The Balaban J connectivity index is 1.81. The fourth-order valence-electron chi connectivity index (χ4n) is 2.32. The molecule has 0 unspecified atom stereocenters. The molecule has 0 aliphatic rings. The molecule has 0 amide bonds. The summed E-state index contributed by atoms with van der Waals surface area (Å²) in [6.07, 6.45) is 0. The maximum atomic E-state index is 12.7. The highest BCUT2D eigenvalue weighted by Gasteiger charge is 2.23. The van der Waals surface area contributed by atoms with Crippen LogP contribution in [0.15, 0.2) is 54.5 Å². The van der Waals surface area contributed by atoms with Gasteiger partial charge in [0.2, 0.25) is 5.09 Å². The molecule has 3 aromatic rings. The van der Waals surface area contributed by atoms with Crippen LogP contribution in [-0.2, 0) is 21.4 Å². The smallest absolute Gasteiger partial charge is 0.339 e. The predicted octanol–water partition coefficient (Wildman–Crippen LogP) is 3.71. The van der Waals surface area contributed by atoms with Crippen molar-refractivity contribution in [3.05, 3.63) is 62.8 Å². The van der Waals surface area contributed by atoms with E-state index in [2.05, 4.69) is 4.98 Å². The molecule has 0 spiro atoms. The zero-order valence-corrected chi connectivity index (χ0v) is 19.0. The average Bonchev–Trinajstić information content (AvgIpc) is 3.35. The van der Waals surface area contributed by atoms with Crippen LogP contribution >= 0.6 is 23.1 Å². The molecule has 0 fully saturated rings. The number of thiazole rings is 1. The van der Waals surface area contributed by atoms with Gasteiger partial charge in [0.1, 0.15) is 12.4 Å². The third-order valence-corrected chi connectivity index (χ3v) is 7.73. The molecule has 0 saturated carbocycles. The number of aromatic nitrogens is 1. The van der Waals surface area contributed by atoms with Gasteiger partial charge >= 0.3 is 5.97 Å². The molecule has 0 N–H and O–H groups in total. The Kier molecular flexibility index (Phi) is 6.79. The summed E-state index contributed by atoms with van der Waals surface area (Å²) in [5, 5.41) is 12.7. The van der Waals surface area contributed by atoms with Gasteiger partial charge in [-0.3, -0.25) is 10.1 Å². The fraction of sp³-hybridized carbons (Fsp3) is 0.222. The third-order valence-electron chi connectivity index (χ3n) is 3.91. The molecule has 164 valence electrons. The van der Waals surface area contributed by atoms with E-state index in [4.69, 9.17) is 9.15 Å². The largest absolute Gasteiger partial charge is 0.454 e. The molecular weight excluding hydrogens is 466 g/mol. The first-order valence-electron chi connectivity index (χ1n) is 8.64. The first-order valence-corrected chi connectivity index (χ1v) is 11.8. The van der Waals surface area contributed by atoms with Crippen LogP contribution in [0.1, 0.15) is 21.8 Å². The van der Waals surface area contributed by atoms with Crippen LogP contribution < -0.4 is 0 Å². The van der Waals surface area contributed by atoms with Gasteiger partial charge in [-0.05, 0) is 25.1 Å². The van der Waals surface area contributed by atoms with Crippen molar-refractivity contribution in [3.8, 4) is 0 Å². The van der Waals surface area contributed by atoms with Gasteiger partial charge in [-0.15, -0.1) is 11.3 Å². The van der Waals surface area contributed by atoms with Gasteiger partial charge in [0.05, 0.1) is 10.5 Å². The number of furan rings is 1. The van der Waals surface area contributed by atoms with Crippen molar-refractivity contribution in [1.29, 1.82) is 0 Å². The predicted molar refractivity (Wildman–Crippen MR) is 113 cm³/mol. The molecule has 0 bridgehead atoms. The number of carbonyl (C=O) groups is 1. The van der Waals surface area contributed by atoms with E-state index >= 15 is 0 Å². The summed E-state index contributed by atoms with van der Waals surface area (Å²) < 4.78 is 36.3. The molecule has 2 aromatic heterocycles. The number of carbonyl (C=O) groups excluding carboxylic acids is 1. The van der Waals surface area contributed by atoms with Gasteiger partial charge in [-0.1, -0.05) is 11.8 Å². The molecule has 0 aliphatic heterocycles. The average molecular weight is 484 g/mol. The number of hydrogen-bond donors (Lipinski definition) is 0. The zero-order chi connectivity index (χ0) is 22.8. The number of aryl methyl sites for hydroxylation is 1. The van der Waals surface area contributed by atoms with E-state index in [1.807, 2.05) is 12.3 Å². The number of esters is 1. The molecule has 10 nitrogen and oxygen atoms in total. The van der Waals surface area contributed by atoms with Crippen molar-refractivity contribution in [3.63, 3.8) is 0 Å². The second kappa shape index (κ2) is 9.18. The van der Waals surface area contributed by atoms with Crippen LogP contribution in [-0.4, -0.2) is 42.7 Å². The maximum absolute atomic E-state index is 12.7. The molecule has 0 saturated heterocycles. The lowest BCUT2D eigenvalue weighted by molar-refractivity contribution is -0.384. The Bertz CT molecular complexity index is 1230. The Hall–Kier alpha value is -2.74. The molecule has 3 rings (SSSR count). The molecular formula is C18H17N3O7S3. The number of benzene rings is 1. The summed E-state index contributed by atoms with van der Waals surface area (Å²) in [4.78, 5) is 28.0. The Morgan fingerprint density at radius 2 is 2.06 bits per heavy atom. The van der Waals surface area contributed by atoms with E-state index in [-0.39, 0.29) is 28.7 Å². The number of rotatable bonds is 8. The number of nitro groups is 1. The number of non-ortho nitro benzene ring substituents is 1. The van der Waals surface area contributed by atoms with Gasteiger partial charge < -0.3 is 9.15 Å². The van der Waals surface area contributed by atoms with Crippen molar-refractivity contribution >= 4 is 44.8 Å². The van der Waals surface area contributed by atoms with E-state index in [1.165, 1.54) is 61.5 Å². The van der Waals surface area contributed by atoms with Crippen LogP contribution in [0, 0.1) is 17.0 Å². The first-order chi connectivity index (χ1) is 14.6. The monoisotopic (exact) mass is 483 g/mol. The van der Waals surface area contributed by atoms with E-state index in [9.17, 15) is 23.3 Å². The second-order valence-electron chi connectivity index (χ2n) is 6.38. The van der Waals surface area contributed by atoms with Crippen LogP contribution in [0.4, 0.5) is 5.69 Å². The molecule has 31 heavy (non-hydrogen) atoms. The van der Waals surface area contributed by atoms with Crippen LogP contribution in [0.2, 0.25) is 0 Å². The normalized spacial score (nSPS) is 11.6. The highest BCUT2D eigenvalue weighted by atomic mass is 32.2. The molecule has 1 aromatic carbocycles. The Morgan fingerprint density at radius 3 is 2.68 bits per heavy atom. The molecule has 2 heterocycles. The second-order valence-corrected chi connectivity index (χ2v) is 10.6. The molecule has 13 heteroatoms. The standard InChI is InChI=1S/C18H17N3O7S3/c1-11-10-29-18(19-11)30-15-6-4-12(21(23)24)8-14(15)17(22)27-9-13-5-7-16(28-13)31(25,26)20(2)3/h4-8,10H,9H2,1-3H3. The van der Waals surface area contributed by atoms with E-state index in [0.29, 0.717) is 9.24 Å². The Morgan fingerprint density at radius 1 is 1.32 bits per heavy atom. The number of sulfonamides is 1. The number of hydrogen-bond acceptors (Lipinski definition) is 10. The first kappa shape index (κ1) is 22.9. The summed E-state index contributed by atoms with van der Waals surface area (Å²) in [7, 11) is -1.03. The van der Waals surface area contributed by atoms with Crippen LogP contribution in [0.3, 0.4) is 0 Å². The number of nitro benzene ring substituents is 1. The van der Waals surface area contributed by atoms with Crippen molar-refractivity contribution in [2.45, 2.75) is 27.9 Å². The van der Waals surface area contributed by atoms with Gasteiger partial charge in [-0.25, -0.2) is 22.5 Å². The summed E-state index contributed by atoms with van der Waals surface area (Å²) in [5.74, 6) is -0.697. The highest BCUT2D eigenvalue weighted by Crippen LogP contribution is 2.35. The number of ether oxygens (including phenoxy) is 1. The van der Waals surface area contributed by atoms with Crippen molar-refractivity contribution in [2.75, 3.05) is 14.1 Å². The topological polar surface area (TPSA) is 133 Å². The van der Waals surface area contributed by atoms with Crippen LogP contribution in [0.25, 0.3) is 0 Å². The van der Waals surface area contributed by atoms with E-state index in [0.717, 1.165) is 16.1 Å². The minimum atomic E-state index is -3.76. The molecule has 0 radical (unpaired) electrons. The molecule has 0 atom stereocenters. The number of nitrogens with zero attached hydrogens (tertiary/aromatic N) is 3. The maximum Gasteiger partial charge on any atom is 0.339 e. The molecule has 0 aliphatic carbocycles. The lowest BCUT2D eigenvalue weighted by Gasteiger charge is -2.09. The van der Waals surface area contributed by atoms with Crippen molar-refractivity contribution < 1.29 is 27.3 Å². The van der Waals surface area contributed by atoms with Gasteiger partial charge in [0.15, 0.2) is 4.34 Å². The SMILES string of the molecule is Cc1csc(Sc2ccc([N+](=O)[O-])cc2C(=O)OCc2ccc(S(=O)(=O)N(C)C)o2)n1. The van der Waals surface area contributed by atoms with Gasteiger partial charge in [-0.2, -0.15) is 0 Å². The summed E-state index contributed by atoms with van der Waals surface area (Å²) in [6.45, 7) is 1.49. The van der Waals surface area contributed by atoms with Crippen molar-refractivity contribution in [1.82, 2.24) is 9.29 Å². The quantitative estimate of drug-likeness (QED) is 0.267. The minimum Gasteiger partial charge on any atom is -0.454 e. The van der Waals surface area contributed by atoms with E-state index < -0.39 is 20.9 Å². The summed E-state index contributed by atoms with van der Waals surface area (Å²) >= 11 is 2.57. The summed E-state index contributed by atoms with van der Waals surface area (Å²) in [5.41, 5.74) is 0.559. The van der Waals surface area contributed by atoms with E-state index in [1.54, 1.807) is 0 Å².